The van der Waals surface area contributed by atoms with E-state index in [1.807, 2.05) is 6.92 Å². The molecule has 1 aromatic heterocycles. The summed E-state index contributed by atoms with van der Waals surface area (Å²) in [5, 5.41) is 13.6. The zero-order valence-electron chi connectivity index (χ0n) is 11.0. The Labute approximate surface area is 106 Å². The van der Waals surface area contributed by atoms with E-state index < -0.39 is 4.92 Å². The smallest absolute Gasteiger partial charge is 0.349 e. The van der Waals surface area contributed by atoms with Gasteiger partial charge in [0.1, 0.15) is 6.20 Å². The molecule has 0 aliphatic carbocycles. The van der Waals surface area contributed by atoms with Crippen LogP contribution in [0.25, 0.3) is 0 Å². The third-order valence-electron chi connectivity index (χ3n) is 2.27. The lowest BCUT2D eigenvalue weighted by atomic mass is 10.1. The van der Waals surface area contributed by atoms with Crippen molar-refractivity contribution >= 4 is 11.6 Å². The van der Waals surface area contributed by atoms with Gasteiger partial charge in [0.2, 0.25) is 5.95 Å². The molecular weight excluding hydrogens is 236 g/mol. The van der Waals surface area contributed by atoms with E-state index in [-0.39, 0.29) is 17.7 Å². The normalized spacial score (nSPS) is 12.3. The molecular formula is C11H18N4O3. The molecule has 0 aliphatic heterocycles. The fraction of sp³-hybridized carbons (Fsp3) is 0.636. The van der Waals surface area contributed by atoms with Crippen LogP contribution in [-0.2, 0) is 0 Å². The van der Waals surface area contributed by atoms with Crippen LogP contribution in [0.1, 0.15) is 27.2 Å². The first kappa shape index (κ1) is 14.1. The molecule has 7 heteroatoms. The van der Waals surface area contributed by atoms with Crippen LogP contribution in [0.5, 0.6) is 5.88 Å². The maximum Gasteiger partial charge on any atom is 0.349 e. The number of nitro groups is 1. The van der Waals surface area contributed by atoms with E-state index in [4.69, 9.17) is 4.74 Å². The number of ether oxygens (including phenoxy) is 1. The second-order valence-corrected chi connectivity index (χ2v) is 4.45. The average molecular weight is 254 g/mol. The molecule has 1 unspecified atom stereocenters. The van der Waals surface area contributed by atoms with Crippen molar-refractivity contribution < 1.29 is 9.66 Å². The molecule has 0 saturated heterocycles. The van der Waals surface area contributed by atoms with Crippen LogP contribution in [0, 0.1) is 16.0 Å². The van der Waals surface area contributed by atoms with Gasteiger partial charge >= 0.3 is 5.69 Å². The van der Waals surface area contributed by atoms with Gasteiger partial charge in [0.05, 0.1) is 11.0 Å². The number of rotatable bonds is 6. The van der Waals surface area contributed by atoms with Gasteiger partial charge in [-0.1, -0.05) is 13.8 Å². The second kappa shape index (κ2) is 6.13. The number of hydrogen-bond donors (Lipinski definition) is 1. The Kier molecular flexibility index (Phi) is 4.82. The van der Waals surface area contributed by atoms with Gasteiger partial charge in [0.25, 0.3) is 5.88 Å². The number of hydrogen-bond acceptors (Lipinski definition) is 6. The highest BCUT2D eigenvalue weighted by atomic mass is 16.6. The van der Waals surface area contributed by atoms with E-state index in [1.165, 1.54) is 0 Å². The molecule has 0 aliphatic rings. The fourth-order valence-electron chi connectivity index (χ4n) is 1.59. The summed E-state index contributed by atoms with van der Waals surface area (Å²) in [6.45, 7) is 5.99. The first-order valence-electron chi connectivity index (χ1n) is 5.79. The summed E-state index contributed by atoms with van der Waals surface area (Å²) < 4.78 is 5.53. The fourth-order valence-corrected chi connectivity index (χ4v) is 1.59. The predicted octanol–water partition coefficient (Wildman–Crippen LogP) is 2.24. The summed E-state index contributed by atoms with van der Waals surface area (Å²) in [5.74, 6) is 0.754. The van der Waals surface area contributed by atoms with Gasteiger partial charge in [-0.3, -0.25) is 10.1 Å². The lowest BCUT2D eigenvalue weighted by molar-refractivity contribution is -0.386. The maximum absolute atomic E-state index is 10.9. The van der Waals surface area contributed by atoms with Crippen molar-refractivity contribution in [1.82, 2.24) is 9.97 Å². The number of aromatic nitrogens is 2. The summed E-state index contributed by atoms with van der Waals surface area (Å²) in [5.41, 5.74) is -0.218. The molecule has 0 saturated carbocycles. The zero-order chi connectivity index (χ0) is 13.7. The Bertz CT molecular complexity index is 423. The molecule has 0 aromatic carbocycles. The van der Waals surface area contributed by atoms with Crippen LogP contribution in [0.15, 0.2) is 6.20 Å². The minimum absolute atomic E-state index is 0.00694. The lowest BCUT2D eigenvalue weighted by Crippen LogP contribution is -2.16. The molecule has 0 amide bonds. The van der Waals surface area contributed by atoms with Gasteiger partial charge in [0, 0.05) is 7.05 Å². The molecule has 0 spiro atoms. The number of nitrogens with zero attached hydrogens (tertiary/aromatic N) is 3. The van der Waals surface area contributed by atoms with Crippen LogP contribution in [0.4, 0.5) is 11.6 Å². The summed E-state index contributed by atoms with van der Waals surface area (Å²) >= 11 is 0. The van der Waals surface area contributed by atoms with Crippen LogP contribution < -0.4 is 10.1 Å². The molecule has 18 heavy (non-hydrogen) atoms. The Morgan fingerprint density at radius 1 is 1.50 bits per heavy atom. The molecule has 1 heterocycles. The molecule has 1 N–H and O–H groups in total. The predicted molar refractivity (Wildman–Crippen MR) is 67.8 cm³/mol. The Morgan fingerprint density at radius 2 is 2.17 bits per heavy atom. The average Bonchev–Trinajstić information content (AvgIpc) is 2.27. The van der Waals surface area contributed by atoms with Gasteiger partial charge in [-0.05, 0) is 19.3 Å². The molecule has 1 aromatic rings. The largest absolute Gasteiger partial charge is 0.470 e. The van der Waals surface area contributed by atoms with Gasteiger partial charge < -0.3 is 10.1 Å². The highest BCUT2D eigenvalue weighted by Gasteiger charge is 2.21. The minimum Gasteiger partial charge on any atom is -0.470 e. The Hall–Kier alpha value is -1.92. The lowest BCUT2D eigenvalue weighted by Gasteiger charge is -2.15. The first-order chi connectivity index (χ1) is 8.43. The van der Waals surface area contributed by atoms with Gasteiger partial charge in [-0.15, -0.1) is 0 Å². The van der Waals surface area contributed by atoms with Crippen molar-refractivity contribution in [2.75, 3.05) is 12.4 Å². The summed E-state index contributed by atoms with van der Waals surface area (Å²) in [4.78, 5) is 18.1. The SMILES string of the molecule is CNc1ncc([N+](=O)[O-])c(OC(C)CC(C)C)n1. The Morgan fingerprint density at radius 3 is 2.67 bits per heavy atom. The van der Waals surface area contributed by atoms with Crippen LogP contribution in [-0.4, -0.2) is 28.0 Å². The molecule has 100 valence electrons. The summed E-state index contributed by atoms with van der Waals surface area (Å²) in [7, 11) is 1.64. The Balaban J connectivity index is 2.93. The van der Waals surface area contributed by atoms with E-state index in [0.717, 1.165) is 12.6 Å². The second-order valence-electron chi connectivity index (χ2n) is 4.45. The standard InChI is InChI=1S/C11H18N4O3/c1-7(2)5-8(3)18-10-9(15(16)17)6-13-11(12-4)14-10/h6-8H,5H2,1-4H3,(H,12,13,14). The highest BCUT2D eigenvalue weighted by molar-refractivity contribution is 5.42. The van der Waals surface area contributed by atoms with Gasteiger partial charge in [-0.25, -0.2) is 4.98 Å². The van der Waals surface area contributed by atoms with Crippen LogP contribution in [0.3, 0.4) is 0 Å². The molecule has 0 radical (unpaired) electrons. The van der Waals surface area contributed by atoms with Crippen molar-refractivity contribution in [3.05, 3.63) is 16.3 Å². The highest BCUT2D eigenvalue weighted by Crippen LogP contribution is 2.26. The van der Waals surface area contributed by atoms with E-state index >= 15 is 0 Å². The third-order valence-corrected chi connectivity index (χ3v) is 2.27. The van der Waals surface area contributed by atoms with E-state index in [0.29, 0.717) is 11.9 Å². The third kappa shape index (κ3) is 3.83. The molecule has 7 nitrogen and oxygen atoms in total. The summed E-state index contributed by atoms with van der Waals surface area (Å²) in [6, 6.07) is 0. The molecule has 0 fully saturated rings. The van der Waals surface area contributed by atoms with Crippen molar-refractivity contribution in [2.24, 2.45) is 5.92 Å². The monoisotopic (exact) mass is 254 g/mol. The van der Waals surface area contributed by atoms with Crippen LogP contribution in [0.2, 0.25) is 0 Å². The number of anilines is 1. The van der Waals surface area contributed by atoms with E-state index in [2.05, 4.69) is 29.1 Å². The van der Waals surface area contributed by atoms with Crippen molar-refractivity contribution in [3.8, 4) is 5.88 Å². The van der Waals surface area contributed by atoms with Crippen LogP contribution >= 0.6 is 0 Å². The molecule has 1 rings (SSSR count). The quantitative estimate of drug-likeness (QED) is 0.618. The summed E-state index contributed by atoms with van der Waals surface area (Å²) in [6.07, 6.45) is 1.81. The molecule has 1 atom stereocenters. The number of nitrogens with one attached hydrogen (secondary N) is 1. The van der Waals surface area contributed by atoms with E-state index in [1.54, 1.807) is 7.05 Å². The zero-order valence-corrected chi connectivity index (χ0v) is 11.0. The first-order valence-corrected chi connectivity index (χ1v) is 5.79. The topological polar surface area (TPSA) is 90.2 Å². The van der Waals surface area contributed by atoms with Gasteiger partial charge in [0.15, 0.2) is 0 Å². The van der Waals surface area contributed by atoms with Crippen molar-refractivity contribution in [1.29, 1.82) is 0 Å². The van der Waals surface area contributed by atoms with E-state index in [9.17, 15) is 10.1 Å². The van der Waals surface area contributed by atoms with Crippen molar-refractivity contribution in [3.63, 3.8) is 0 Å². The van der Waals surface area contributed by atoms with Crippen molar-refractivity contribution in [2.45, 2.75) is 33.3 Å². The molecule has 0 bridgehead atoms. The maximum atomic E-state index is 10.9. The minimum atomic E-state index is -0.545. The van der Waals surface area contributed by atoms with Gasteiger partial charge in [-0.2, -0.15) is 4.98 Å².